The van der Waals surface area contributed by atoms with Crippen LogP contribution in [0.5, 0.6) is 0 Å². The molecule has 0 aliphatic carbocycles. The van der Waals surface area contributed by atoms with Crippen LogP contribution < -0.4 is 0 Å². The van der Waals surface area contributed by atoms with E-state index in [-0.39, 0.29) is 0 Å². The van der Waals surface area contributed by atoms with Crippen LogP contribution in [0.4, 0.5) is 0 Å². The van der Waals surface area contributed by atoms with E-state index in [2.05, 4.69) is 33.4 Å². The standard InChI is InChI=1S/C27H54/c1-5-9-11-13-15-16-17-18-20-22-24-26-27(7-3,8-4)25-23-21-19-14-12-10-6-2/h7H,3,5-6,8-26H2,1-2,4H3. The van der Waals surface area contributed by atoms with Crippen LogP contribution in [0.2, 0.25) is 0 Å². The van der Waals surface area contributed by atoms with Crippen molar-refractivity contribution in [2.45, 2.75) is 156 Å². The monoisotopic (exact) mass is 378 g/mol. The zero-order valence-electron chi connectivity index (χ0n) is 19.6. The van der Waals surface area contributed by atoms with Crippen LogP contribution in [-0.2, 0) is 0 Å². The third kappa shape index (κ3) is 16.4. The molecule has 1 unspecified atom stereocenters. The van der Waals surface area contributed by atoms with Gasteiger partial charge < -0.3 is 0 Å². The Labute approximate surface area is 174 Å². The average Bonchev–Trinajstić information content (AvgIpc) is 2.70. The van der Waals surface area contributed by atoms with Crippen molar-refractivity contribution in [1.82, 2.24) is 0 Å². The van der Waals surface area contributed by atoms with E-state index in [9.17, 15) is 0 Å². The molecular formula is C27H54. The highest BCUT2D eigenvalue weighted by Gasteiger charge is 2.22. The van der Waals surface area contributed by atoms with E-state index in [1.165, 1.54) is 135 Å². The molecule has 0 aliphatic rings. The molecule has 27 heavy (non-hydrogen) atoms. The van der Waals surface area contributed by atoms with E-state index < -0.39 is 0 Å². The minimum absolute atomic E-state index is 0.433. The van der Waals surface area contributed by atoms with Crippen LogP contribution in [0.3, 0.4) is 0 Å². The SMILES string of the molecule is C=CC(CC)(CCCCCCCCC)CCCCCCCCCCCCC. The molecule has 162 valence electrons. The number of rotatable bonds is 22. The zero-order chi connectivity index (χ0) is 20.1. The quantitative estimate of drug-likeness (QED) is 0.130. The van der Waals surface area contributed by atoms with Gasteiger partial charge in [-0.2, -0.15) is 0 Å². The Morgan fingerprint density at radius 2 is 0.778 bits per heavy atom. The smallest absolute Gasteiger partial charge is 0.0124 e. The topological polar surface area (TPSA) is 0 Å². The maximum atomic E-state index is 4.21. The summed E-state index contributed by atoms with van der Waals surface area (Å²) in [6.45, 7) is 11.2. The lowest BCUT2D eigenvalue weighted by Gasteiger charge is -2.29. The summed E-state index contributed by atoms with van der Waals surface area (Å²) in [4.78, 5) is 0. The number of hydrogen-bond donors (Lipinski definition) is 0. The lowest BCUT2D eigenvalue weighted by atomic mass is 9.76. The Morgan fingerprint density at radius 1 is 0.481 bits per heavy atom. The summed E-state index contributed by atoms with van der Waals surface area (Å²) >= 11 is 0. The highest BCUT2D eigenvalue weighted by Crippen LogP contribution is 2.36. The fraction of sp³-hybridized carbons (Fsp3) is 0.926. The van der Waals surface area contributed by atoms with E-state index in [0.29, 0.717) is 5.41 Å². The van der Waals surface area contributed by atoms with Crippen molar-refractivity contribution in [3.63, 3.8) is 0 Å². The van der Waals surface area contributed by atoms with Crippen LogP contribution in [-0.4, -0.2) is 0 Å². The van der Waals surface area contributed by atoms with E-state index in [1.54, 1.807) is 0 Å². The molecule has 0 heterocycles. The molecule has 0 rings (SSSR count). The molecule has 0 radical (unpaired) electrons. The summed E-state index contributed by atoms with van der Waals surface area (Å²) in [5.41, 5.74) is 0.433. The maximum absolute atomic E-state index is 4.21. The molecular weight excluding hydrogens is 324 g/mol. The van der Waals surface area contributed by atoms with Crippen molar-refractivity contribution in [2.75, 3.05) is 0 Å². The first-order chi connectivity index (χ1) is 13.2. The summed E-state index contributed by atoms with van der Waals surface area (Å²) < 4.78 is 0. The minimum Gasteiger partial charge on any atom is -0.103 e. The molecule has 1 atom stereocenters. The predicted molar refractivity (Wildman–Crippen MR) is 127 cm³/mol. The normalized spacial score (nSPS) is 13.6. The number of allylic oxidation sites excluding steroid dienone is 1. The fourth-order valence-corrected chi connectivity index (χ4v) is 4.40. The van der Waals surface area contributed by atoms with Crippen molar-refractivity contribution < 1.29 is 0 Å². The highest BCUT2D eigenvalue weighted by atomic mass is 14.3. The van der Waals surface area contributed by atoms with E-state index in [4.69, 9.17) is 0 Å². The second-order valence-electron chi connectivity index (χ2n) is 9.08. The largest absolute Gasteiger partial charge is 0.103 e. The van der Waals surface area contributed by atoms with Crippen LogP contribution in [0.25, 0.3) is 0 Å². The van der Waals surface area contributed by atoms with Crippen molar-refractivity contribution in [2.24, 2.45) is 5.41 Å². The van der Waals surface area contributed by atoms with Gasteiger partial charge in [-0.3, -0.25) is 0 Å². The molecule has 0 bridgehead atoms. The molecule has 0 heteroatoms. The summed E-state index contributed by atoms with van der Waals surface area (Å²) in [5.74, 6) is 0. The van der Waals surface area contributed by atoms with Crippen LogP contribution >= 0.6 is 0 Å². The second kappa shape index (κ2) is 20.5. The highest BCUT2D eigenvalue weighted by molar-refractivity contribution is 4.93. The van der Waals surface area contributed by atoms with Crippen molar-refractivity contribution >= 4 is 0 Å². The van der Waals surface area contributed by atoms with Crippen LogP contribution in [0, 0.1) is 5.41 Å². The molecule has 0 spiro atoms. The molecule has 0 saturated heterocycles. The maximum Gasteiger partial charge on any atom is -0.0124 e. The zero-order valence-corrected chi connectivity index (χ0v) is 19.6. The molecule has 0 saturated carbocycles. The fourth-order valence-electron chi connectivity index (χ4n) is 4.40. The van der Waals surface area contributed by atoms with Crippen molar-refractivity contribution in [1.29, 1.82) is 0 Å². The molecule has 0 amide bonds. The predicted octanol–water partition coefficient (Wildman–Crippen LogP) is 10.4. The van der Waals surface area contributed by atoms with E-state index >= 15 is 0 Å². The summed E-state index contributed by atoms with van der Waals surface area (Å²) in [6.07, 6.45) is 32.1. The van der Waals surface area contributed by atoms with Crippen LogP contribution in [0.15, 0.2) is 12.7 Å². The van der Waals surface area contributed by atoms with Gasteiger partial charge in [0.1, 0.15) is 0 Å². The van der Waals surface area contributed by atoms with Crippen LogP contribution in [0.1, 0.15) is 156 Å². The van der Waals surface area contributed by atoms with Crippen molar-refractivity contribution in [3.8, 4) is 0 Å². The van der Waals surface area contributed by atoms with Gasteiger partial charge in [-0.05, 0) is 24.7 Å². The Hall–Kier alpha value is -0.260. The molecule has 0 aromatic rings. The van der Waals surface area contributed by atoms with Gasteiger partial charge >= 0.3 is 0 Å². The van der Waals surface area contributed by atoms with Gasteiger partial charge in [0.25, 0.3) is 0 Å². The first-order valence-electron chi connectivity index (χ1n) is 12.9. The van der Waals surface area contributed by atoms with Gasteiger partial charge in [-0.1, -0.05) is 142 Å². The lowest BCUT2D eigenvalue weighted by Crippen LogP contribution is -2.16. The second-order valence-corrected chi connectivity index (χ2v) is 9.08. The molecule has 0 aromatic carbocycles. The van der Waals surface area contributed by atoms with Gasteiger partial charge in [0.15, 0.2) is 0 Å². The Balaban J connectivity index is 3.65. The summed E-state index contributed by atoms with van der Waals surface area (Å²) in [7, 11) is 0. The summed E-state index contributed by atoms with van der Waals surface area (Å²) in [5, 5.41) is 0. The van der Waals surface area contributed by atoms with Gasteiger partial charge in [-0.15, -0.1) is 6.58 Å². The third-order valence-electron chi connectivity index (χ3n) is 6.69. The molecule has 0 fully saturated rings. The average molecular weight is 379 g/mol. The molecule has 0 N–H and O–H groups in total. The Bertz CT molecular complexity index is 292. The third-order valence-corrected chi connectivity index (χ3v) is 6.69. The summed E-state index contributed by atoms with van der Waals surface area (Å²) in [6, 6.07) is 0. The lowest BCUT2D eigenvalue weighted by molar-refractivity contribution is 0.285. The van der Waals surface area contributed by atoms with Crippen molar-refractivity contribution in [3.05, 3.63) is 12.7 Å². The van der Waals surface area contributed by atoms with Gasteiger partial charge in [0.05, 0.1) is 0 Å². The molecule has 0 nitrogen and oxygen atoms in total. The van der Waals surface area contributed by atoms with E-state index in [1.807, 2.05) is 0 Å². The minimum atomic E-state index is 0.433. The first kappa shape index (κ1) is 26.7. The number of hydrogen-bond acceptors (Lipinski definition) is 0. The van der Waals surface area contributed by atoms with Gasteiger partial charge in [0, 0.05) is 0 Å². The number of unbranched alkanes of at least 4 members (excludes halogenated alkanes) is 16. The molecule has 0 aromatic heterocycles. The Morgan fingerprint density at radius 3 is 1.04 bits per heavy atom. The van der Waals surface area contributed by atoms with Gasteiger partial charge in [0.2, 0.25) is 0 Å². The van der Waals surface area contributed by atoms with E-state index in [0.717, 1.165) is 0 Å². The van der Waals surface area contributed by atoms with Gasteiger partial charge in [-0.25, -0.2) is 0 Å². The Kier molecular flexibility index (Phi) is 20.3. The first-order valence-corrected chi connectivity index (χ1v) is 12.9. The molecule has 0 aliphatic heterocycles.